The molecule has 1 atom stereocenters. The number of aromatic nitrogens is 1. The van der Waals surface area contributed by atoms with E-state index in [-0.39, 0.29) is 18.2 Å². The lowest BCUT2D eigenvalue weighted by Crippen LogP contribution is -2.46. The van der Waals surface area contributed by atoms with Crippen LogP contribution >= 0.6 is 0 Å². The van der Waals surface area contributed by atoms with Gasteiger partial charge < -0.3 is 24.7 Å². The van der Waals surface area contributed by atoms with Crippen LogP contribution in [0.25, 0.3) is 10.9 Å². The molecule has 8 nitrogen and oxygen atoms in total. The smallest absolute Gasteiger partial charge is 0.272 e. The van der Waals surface area contributed by atoms with Gasteiger partial charge in [0.15, 0.2) is 0 Å². The maximum atomic E-state index is 13.5. The zero-order chi connectivity index (χ0) is 26.1. The average molecular weight is 497 g/mol. The Morgan fingerprint density at radius 1 is 1.03 bits per heavy atom. The minimum Gasteiger partial charge on any atom is -0.496 e. The summed E-state index contributed by atoms with van der Waals surface area (Å²) in [4.78, 5) is 36.2. The second-order valence-corrected chi connectivity index (χ2v) is 8.97. The summed E-state index contributed by atoms with van der Waals surface area (Å²) in [5.74, 6) is 0.448. The number of hydrogen-bond acceptors (Lipinski definition) is 5. The van der Waals surface area contributed by atoms with Gasteiger partial charge >= 0.3 is 0 Å². The monoisotopic (exact) mass is 496 g/mol. The number of rotatable bonds is 6. The van der Waals surface area contributed by atoms with Crippen LogP contribution in [0.2, 0.25) is 0 Å². The molecule has 1 aliphatic rings. The number of amides is 2. The fourth-order valence-corrected chi connectivity index (χ4v) is 4.70. The minimum atomic E-state index is -1.14. The maximum absolute atomic E-state index is 13.5. The second kappa shape index (κ2) is 9.81. The zero-order valence-electron chi connectivity index (χ0n) is 21.2. The van der Waals surface area contributed by atoms with Crippen molar-refractivity contribution >= 4 is 34.1 Å². The summed E-state index contributed by atoms with van der Waals surface area (Å²) in [6, 6.07) is 21.0. The number of benzene rings is 3. The molecule has 4 aromatic rings. The Labute approximate surface area is 214 Å². The van der Waals surface area contributed by atoms with Gasteiger partial charge in [-0.1, -0.05) is 36.4 Å². The molecule has 188 valence electrons. The lowest BCUT2D eigenvalue weighted by Gasteiger charge is -2.21. The molecule has 2 N–H and O–H groups in total. The molecule has 0 radical (unpaired) electrons. The molecular weight excluding hydrogens is 468 g/mol. The van der Waals surface area contributed by atoms with Crippen molar-refractivity contribution in [2.24, 2.45) is 4.99 Å². The van der Waals surface area contributed by atoms with Gasteiger partial charge in [0.05, 0.1) is 37.6 Å². The Kier molecular flexibility index (Phi) is 6.40. The van der Waals surface area contributed by atoms with E-state index >= 15 is 0 Å². The SMILES string of the molecule is COc1cc(C)cc(OC)c1C1=NC(NC(=O)Cc2cc3ccccc3[nH]2)C(=O)N(C)c2ccccc21. The molecule has 2 amide bonds. The number of carbonyl (C=O) groups excluding carboxylic acids is 2. The van der Waals surface area contributed by atoms with E-state index < -0.39 is 6.17 Å². The third-order valence-corrected chi connectivity index (χ3v) is 6.46. The standard InChI is InChI=1S/C29H28N4O4/c1-17-13-23(36-3)26(24(14-17)37-4)27-20-10-6-8-12-22(20)33(2)29(35)28(32-27)31-25(34)16-19-15-18-9-5-7-11-21(18)30-19/h5-15,28,30H,16H2,1-4H3,(H,31,34). The lowest BCUT2D eigenvalue weighted by molar-refractivity contribution is -0.126. The Hall–Kier alpha value is -4.59. The van der Waals surface area contributed by atoms with Gasteiger partial charge in [-0.2, -0.15) is 0 Å². The largest absolute Gasteiger partial charge is 0.496 e. The van der Waals surface area contributed by atoms with Crippen molar-refractivity contribution in [1.29, 1.82) is 0 Å². The van der Waals surface area contributed by atoms with Gasteiger partial charge in [0, 0.05) is 23.8 Å². The topological polar surface area (TPSA) is 96.0 Å². The Morgan fingerprint density at radius 2 is 1.70 bits per heavy atom. The van der Waals surface area contributed by atoms with E-state index in [1.165, 1.54) is 4.90 Å². The fraction of sp³-hybridized carbons (Fsp3) is 0.207. The van der Waals surface area contributed by atoms with Crippen molar-refractivity contribution in [2.75, 3.05) is 26.2 Å². The molecule has 1 aromatic heterocycles. The highest BCUT2D eigenvalue weighted by molar-refractivity contribution is 6.22. The van der Waals surface area contributed by atoms with E-state index in [1.807, 2.05) is 73.7 Å². The lowest BCUT2D eigenvalue weighted by atomic mass is 9.97. The van der Waals surface area contributed by atoms with Crippen LogP contribution < -0.4 is 19.7 Å². The van der Waals surface area contributed by atoms with Crippen molar-refractivity contribution in [1.82, 2.24) is 10.3 Å². The van der Waals surface area contributed by atoms with Gasteiger partial charge in [-0.3, -0.25) is 9.59 Å². The molecule has 1 unspecified atom stereocenters. The van der Waals surface area contributed by atoms with Gasteiger partial charge in [0.25, 0.3) is 5.91 Å². The molecule has 0 saturated heterocycles. The number of hydrogen-bond donors (Lipinski definition) is 2. The number of nitrogens with one attached hydrogen (secondary N) is 2. The first-order chi connectivity index (χ1) is 17.9. The summed E-state index contributed by atoms with van der Waals surface area (Å²) in [5.41, 5.74) is 5.16. The molecule has 0 saturated carbocycles. The van der Waals surface area contributed by atoms with E-state index in [4.69, 9.17) is 14.5 Å². The number of aromatic amines is 1. The summed E-state index contributed by atoms with van der Waals surface area (Å²) in [5, 5.41) is 3.85. The van der Waals surface area contributed by atoms with Crippen molar-refractivity contribution < 1.29 is 19.1 Å². The number of H-pyrrole nitrogens is 1. The molecule has 0 spiro atoms. The predicted octanol–water partition coefficient (Wildman–Crippen LogP) is 3.99. The fourth-order valence-electron chi connectivity index (χ4n) is 4.70. The van der Waals surface area contributed by atoms with Crippen molar-refractivity contribution in [3.8, 4) is 11.5 Å². The summed E-state index contributed by atoms with van der Waals surface area (Å²) in [7, 11) is 4.84. The van der Waals surface area contributed by atoms with Gasteiger partial charge in [-0.05, 0) is 48.2 Å². The van der Waals surface area contributed by atoms with Crippen LogP contribution in [-0.2, 0) is 16.0 Å². The predicted molar refractivity (Wildman–Crippen MR) is 144 cm³/mol. The number of likely N-dealkylation sites (N-methyl/N-ethyl adjacent to an activating group) is 1. The molecule has 0 fully saturated rings. The molecule has 2 heterocycles. The number of nitrogens with zero attached hydrogens (tertiary/aromatic N) is 2. The molecule has 5 rings (SSSR count). The number of aliphatic imine (C=N–C) groups is 1. The summed E-state index contributed by atoms with van der Waals surface area (Å²) < 4.78 is 11.4. The molecule has 37 heavy (non-hydrogen) atoms. The number of ether oxygens (including phenoxy) is 2. The Morgan fingerprint density at radius 3 is 2.41 bits per heavy atom. The highest BCUT2D eigenvalue weighted by Crippen LogP contribution is 2.36. The number of fused-ring (bicyclic) bond motifs is 2. The van der Waals surface area contributed by atoms with Gasteiger partial charge in [0.2, 0.25) is 12.1 Å². The van der Waals surface area contributed by atoms with Gasteiger partial charge in [-0.15, -0.1) is 0 Å². The van der Waals surface area contributed by atoms with Crippen molar-refractivity contribution in [2.45, 2.75) is 19.5 Å². The second-order valence-electron chi connectivity index (χ2n) is 8.97. The molecule has 0 aliphatic carbocycles. The first-order valence-corrected chi connectivity index (χ1v) is 11.9. The zero-order valence-corrected chi connectivity index (χ0v) is 21.2. The number of aryl methyl sites for hydroxylation is 1. The molecule has 3 aromatic carbocycles. The van der Waals surface area contributed by atoms with Crippen LogP contribution in [0.3, 0.4) is 0 Å². The summed E-state index contributed by atoms with van der Waals surface area (Å²) in [6.07, 6.45) is -1.06. The van der Waals surface area contributed by atoms with E-state index in [1.54, 1.807) is 21.3 Å². The van der Waals surface area contributed by atoms with Crippen LogP contribution in [0, 0.1) is 6.92 Å². The highest BCUT2D eigenvalue weighted by Gasteiger charge is 2.33. The molecule has 0 bridgehead atoms. The minimum absolute atomic E-state index is 0.0805. The third-order valence-electron chi connectivity index (χ3n) is 6.46. The van der Waals surface area contributed by atoms with E-state index in [0.29, 0.717) is 28.5 Å². The highest BCUT2D eigenvalue weighted by atomic mass is 16.5. The van der Waals surface area contributed by atoms with Crippen molar-refractivity contribution in [3.63, 3.8) is 0 Å². The first kappa shape index (κ1) is 24.1. The Bertz CT molecular complexity index is 1480. The van der Waals surface area contributed by atoms with Crippen LogP contribution in [-0.4, -0.2) is 49.9 Å². The average Bonchev–Trinajstić information content (AvgIpc) is 3.28. The first-order valence-electron chi connectivity index (χ1n) is 11.9. The molecule has 1 aliphatic heterocycles. The molecular formula is C29H28N4O4. The molecule has 8 heteroatoms. The number of carbonyl (C=O) groups is 2. The van der Waals surface area contributed by atoms with Crippen molar-refractivity contribution in [3.05, 3.63) is 89.1 Å². The van der Waals surface area contributed by atoms with Crippen LogP contribution in [0.1, 0.15) is 22.4 Å². The third kappa shape index (κ3) is 4.53. The van der Waals surface area contributed by atoms with Gasteiger partial charge in [-0.25, -0.2) is 4.99 Å². The number of para-hydroxylation sites is 2. The summed E-state index contributed by atoms with van der Waals surface area (Å²) in [6.45, 7) is 1.95. The van der Waals surface area contributed by atoms with Crippen LogP contribution in [0.15, 0.2) is 71.7 Å². The van der Waals surface area contributed by atoms with E-state index in [9.17, 15) is 9.59 Å². The van der Waals surface area contributed by atoms with E-state index in [0.717, 1.165) is 27.7 Å². The van der Waals surface area contributed by atoms with Crippen LogP contribution in [0.4, 0.5) is 5.69 Å². The Balaban J connectivity index is 1.57. The quantitative estimate of drug-likeness (QED) is 0.422. The van der Waals surface area contributed by atoms with Gasteiger partial charge in [0.1, 0.15) is 11.5 Å². The normalized spacial score (nSPS) is 15.1. The summed E-state index contributed by atoms with van der Waals surface area (Å²) >= 11 is 0. The number of methoxy groups -OCH3 is 2. The number of benzodiazepines with no additional fused rings is 1. The number of anilines is 1. The van der Waals surface area contributed by atoms with E-state index in [2.05, 4.69) is 10.3 Å². The maximum Gasteiger partial charge on any atom is 0.272 e. The van der Waals surface area contributed by atoms with Crippen LogP contribution in [0.5, 0.6) is 11.5 Å².